The number of aromatic nitrogens is 3. The zero-order valence-electron chi connectivity index (χ0n) is 22.4. The number of anilines is 1. The number of fused-ring (bicyclic) bond motifs is 1. The number of rotatable bonds is 8. The lowest BCUT2D eigenvalue weighted by atomic mass is 10.00. The summed E-state index contributed by atoms with van der Waals surface area (Å²) in [6.45, 7) is 5.32. The zero-order chi connectivity index (χ0) is 28.3. The number of carbonyl (C=O) groups excluding carboxylic acids is 2. The third-order valence-corrected chi connectivity index (χ3v) is 7.14. The largest absolute Gasteiger partial charge is 0.459 e. The molecule has 0 aliphatic heterocycles. The van der Waals surface area contributed by atoms with Crippen LogP contribution in [0.1, 0.15) is 36.9 Å². The number of pyridine rings is 2. The number of nitrogens with one attached hydrogen (secondary N) is 2. The molecule has 1 atom stereocenters. The first kappa shape index (κ1) is 27.2. The molecule has 0 aliphatic carbocycles. The number of H-pyrrole nitrogens is 1. The molecule has 4 heterocycles. The second-order valence-electron chi connectivity index (χ2n) is 10.5. The molecule has 0 saturated carbocycles. The molecule has 2 N–H and O–H groups in total. The first-order valence-corrected chi connectivity index (χ1v) is 13.8. The van der Waals surface area contributed by atoms with Crippen molar-refractivity contribution < 1.29 is 18.7 Å². The molecule has 0 radical (unpaired) electrons. The second kappa shape index (κ2) is 11.4. The quantitative estimate of drug-likeness (QED) is 0.167. The Morgan fingerprint density at radius 1 is 1.05 bits per heavy atom. The molecule has 0 bridgehead atoms. The second-order valence-corrected chi connectivity index (χ2v) is 11.5. The van der Waals surface area contributed by atoms with Gasteiger partial charge in [-0.15, -0.1) is 11.3 Å². The molecule has 0 unspecified atom stereocenters. The Bertz CT molecular complexity index is 1630. The molecule has 0 fully saturated rings. The van der Waals surface area contributed by atoms with E-state index in [1.807, 2.05) is 35.7 Å². The highest BCUT2D eigenvalue weighted by molar-refractivity contribution is 7.09. The standard InChI is InChI=1S/C31H29FN4O3S/c1-31(2,3)39-30(38)24(18-22-5-4-16-40-22)29(37)36-26-11-10-23-27(20-12-14-33-15-13-20)25(34-28(23)35-26)17-19-6-8-21(32)9-7-19/h4-16,24H,17-18H2,1-3H3,(H2,34,35,36,37)/t24-/m0/s1. The number of ether oxygens (including phenoxy) is 1. The molecule has 5 aromatic rings. The van der Waals surface area contributed by atoms with E-state index in [4.69, 9.17) is 4.74 Å². The SMILES string of the molecule is CC(C)(C)OC(=O)[C@@H](Cc1cccs1)C(=O)Nc1ccc2c(-c3ccncc3)c(Cc3ccc(F)cc3)[nH]c2n1. The molecule has 204 valence electrons. The lowest BCUT2D eigenvalue weighted by molar-refractivity contribution is -0.161. The highest BCUT2D eigenvalue weighted by Crippen LogP contribution is 2.34. The molecule has 9 heteroatoms. The summed E-state index contributed by atoms with van der Waals surface area (Å²) < 4.78 is 19.1. The van der Waals surface area contributed by atoms with Crippen molar-refractivity contribution in [3.63, 3.8) is 0 Å². The van der Waals surface area contributed by atoms with Gasteiger partial charge >= 0.3 is 5.97 Å². The highest BCUT2D eigenvalue weighted by atomic mass is 32.1. The summed E-state index contributed by atoms with van der Waals surface area (Å²) in [6.07, 6.45) is 4.21. The number of benzene rings is 1. The van der Waals surface area contributed by atoms with E-state index in [0.717, 1.165) is 32.6 Å². The van der Waals surface area contributed by atoms with Crippen LogP contribution in [-0.2, 0) is 27.2 Å². The van der Waals surface area contributed by atoms with Gasteiger partial charge in [0.2, 0.25) is 5.91 Å². The Hall–Kier alpha value is -4.37. The summed E-state index contributed by atoms with van der Waals surface area (Å²) in [5.74, 6) is -2.07. The lowest BCUT2D eigenvalue weighted by Crippen LogP contribution is -2.37. The maximum atomic E-state index is 13.5. The van der Waals surface area contributed by atoms with Gasteiger partial charge in [0.25, 0.3) is 0 Å². The number of halogens is 1. The van der Waals surface area contributed by atoms with Gasteiger partial charge in [-0.2, -0.15) is 0 Å². The molecule has 0 saturated heterocycles. The molecule has 4 aromatic heterocycles. The fourth-order valence-corrected chi connectivity index (χ4v) is 5.23. The third-order valence-electron chi connectivity index (χ3n) is 6.24. The summed E-state index contributed by atoms with van der Waals surface area (Å²) in [5, 5.41) is 5.59. The third kappa shape index (κ3) is 6.43. The Balaban J connectivity index is 1.46. The molecule has 5 rings (SSSR count). The van der Waals surface area contributed by atoms with Crippen molar-refractivity contribution >= 4 is 40.1 Å². The van der Waals surface area contributed by atoms with E-state index in [1.165, 1.54) is 23.5 Å². The van der Waals surface area contributed by atoms with E-state index in [2.05, 4.69) is 20.3 Å². The maximum absolute atomic E-state index is 13.5. The van der Waals surface area contributed by atoms with E-state index in [0.29, 0.717) is 17.9 Å². The van der Waals surface area contributed by atoms with E-state index in [-0.39, 0.29) is 12.2 Å². The molecule has 1 aromatic carbocycles. The van der Waals surface area contributed by atoms with Crippen LogP contribution in [0, 0.1) is 11.7 Å². The highest BCUT2D eigenvalue weighted by Gasteiger charge is 2.32. The molecular weight excluding hydrogens is 527 g/mol. The van der Waals surface area contributed by atoms with Gasteiger partial charge in [-0.3, -0.25) is 14.6 Å². The normalized spacial score (nSPS) is 12.3. The molecule has 7 nitrogen and oxygen atoms in total. The van der Waals surface area contributed by atoms with Gasteiger partial charge in [-0.1, -0.05) is 18.2 Å². The van der Waals surface area contributed by atoms with Crippen LogP contribution < -0.4 is 5.32 Å². The molecule has 40 heavy (non-hydrogen) atoms. The van der Waals surface area contributed by atoms with E-state index in [9.17, 15) is 14.0 Å². The Labute approximate surface area is 235 Å². The molecule has 1 amide bonds. The number of carbonyl (C=O) groups is 2. The first-order chi connectivity index (χ1) is 19.2. The summed E-state index contributed by atoms with van der Waals surface area (Å²) in [7, 11) is 0. The number of nitrogens with zero attached hydrogens (tertiary/aromatic N) is 2. The van der Waals surface area contributed by atoms with E-state index in [1.54, 1.807) is 51.4 Å². The summed E-state index contributed by atoms with van der Waals surface area (Å²) >= 11 is 1.48. The summed E-state index contributed by atoms with van der Waals surface area (Å²) in [5.41, 5.74) is 3.60. The van der Waals surface area contributed by atoms with Crippen LogP contribution in [0.5, 0.6) is 0 Å². The van der Waals surface area contributed by atoms with Crippen LogP contribution in [0.2, 0.25) is 0 Å². The van der Waals surface area contributed by atoms with Gasteiger partial charge in [-0.25, -0.2) is 9.37 Å². The van der Waals surface area contributed by atoms with Crippen molar-refractivity contribution in [1.29, 1.82) is 0 Å². The smallest absolute Gasteiger partial charge is 0.319 e. The molecule has 0 aliphatic rings. The van der Waals surface area contributed by atoms with E-state index >= 15 is 0 Å². The Morgan fingerprint density at radius 3 is 2.48 bits per heavy atom. The number of hydrogen-bond donors (Lipinski definition) is 2. The monoisotopic (exact) mass is 556 g/mol. The summed E-state index contributed by atoms with van der Waals surface area (Å²) in [6, 6.07) is 17.6. The minimum Gasteiger partial charge on any atom is -0.459 e. The van der Waals surface area contributed by atoms with Crippen LogP contribution in [0.3, 0.4) is 0 Å². The topological polar surface area (TPSA) is 97.0 Å². The van der Waals surface area contributed by atoms with Gasteiger partial charge < -0.3 is 15.0 Å². The predicted octanol–water partition coefficient (Wildman–Crippen LogP) is 6.56. The molecule has 0 spiro atoms. The van der Waals surface area contributed by atoms with Gasteiger partial charge in [-0.05, 0) is 79.7 Å². The van der Waals surface area contributed by atoms with Crippen LogP contribution in [-0.4, -0.2) is 32.4 Å². The van der Waals surface area contributed by atoms with Crippen molar-refractivity contribution in [1.82, 2.24) is 15.0 Å². The number of amides is 1. The van der Waals surface area contributed by atoms with Crippen molar-refractivity contribution in [2.45, 2.75) is 39.2 Å². The van der Waals surface area contributed by atoms with Crippen LogP contribution in [0.15, 0.2) is 78.4 Å². The number of hydrogen-bond acceptors (Lipinski definition) is 6. The van der Waals surface area contributed by atoms with Gasteiger partial charge in [0.15, 0.2) is 0 Å². The van der Waals surface area contributed by atoms with Crippen LogP contribution >= 0.6 is 11.3 Å². The van der Waals surface area contributed by atoms with Gasteiger partial charge in [0.1, 0.15) is 28.8 Å². The minimum atomic E-state index is -1.03. The van der Waals surface area contributed by atoms with Crippen LogP contribution in [0.4, 0.5) is 10.2 Å². The first-order valence-electron chi connectivity index (χ1n) is 12.9. The zero-order valence-corrected chi connectivity index (χ0v) is 23.2. The fraction of sp³-hybridized carbons (Fsp3) is 0.226. The number of aromatic amines is 1. The lowest BCUT2D eigenvalue weighted by Gasteiger charge is -2.23. The average molecular weight is 557 g/mol. The fourth-order valence-electron chi connectivity index (χ4n) is 4.48. The number of esters is 1. The van der Waals surface area contributed by atoms with Crippen LogP contribution in [0.25, 0.3) is 22.2 Å². The maximum Gasteiger partial charge on any atom is 0.319 e. The average Bonchev–Trinajstić information content (AvgIpc) is 3.55. The van der Waals surface area contributed by atoms with Crippen molar-refractivity contribution in [2.75, 3.05) is 5.32 Å². The van der Waals surface area contributed by atoms with Gasteiger partial charge in [0.05, 0.1) is 0 Å². The van der Waals surface area contributed by atoms with E-state index < -0.39 is 23.4 Å². The predicted molar refractivity (Wildman–Crippen MR) is 155 cm³/mol. The Kier molecular flexibility index (Phi) is 7.75. The van der Waals surface area contributed by atoms with Crippen molar-refractivity contribution in [2.24, 2.45) is 5.92 Å². The number of thiophene rings is 1. The van der Waals surface area contributed by atoms with Crippen molar-refractivity contribution in [3.8, 4) is 11.1 Å². The molecular formula is C31H29FN4O3S. The van der Waals surface area contributed by atoms with Crippen molar-refractivity contribution in [3.05, 3.63) is 100 Å². The van der Waals surface area contributed by atoms with Gasteiger partial charge in [0, 0.05) is 46.8 Å². The minimum absolute atomic E-state index is 0.233. The Morgan fingerprint density at radius 2 is 1.80 bits per heavy atom. The summed E-state index contributed by atoms with van der Waals surface area (Å²) in [4.78, 5) is 39.5.